The first-order chi connectivity index (χ1) is 14.0. The molecule has 0 atom stereocenters. The molecule has 8 heteroatoms. The minimum Gasteiger partial charge on any atom is -0.481 e. The van der Waals surface area contributed by atoms with Crippen LogP contribution in [0.15, 0.2) is 83.0 Å². The number of hydrogen-bond acceptors (Lipinski definition) is 4. The molecule has 1 saturated heterocycles. The average Bonchev–Trinajstić information content (AvgIpc) is 3.33. The molecule has 6 nitrogen and oxygen atoms in total. The molecule has 146 valence electrons. The van der Waals surface area contributed by atoms with Crippen molar-refractivity contribution in [2.75, 3.05) is 0 Å². The van der Waals surface area contributed by atoms with E-state index >= 15 is 0 Å². The van der Waals surface area contributed by atoms with E-state index in [1.54, 1.807) is 12.1 Å². The summed E-state index contributed by atoms with van der Waals surface area (Å²) in [5, 5.41) is 10.8. The van der Waals surface area contributed by atoms with Gasteiger partial charge < -0.3 is 15.0 Å². The molecule has 0 radical (unpaired) electrons. The first-order valence-electron chi connectivity index (χ1n) is 8.70. The molecule has 1 aliphatic heterocycles. The van der Waals surface area contributed by atoms with Crippen molar-refractivity contribution in [3.8, 4) is 5.69 Å². The number of carbonyl (C=O) groups is 2. The Hall–Kier alpha value is -2.58. The summed E-state index contributed by atoms with van der Waals surface area (Å²) in [7, 11) is 0. The smallest absolute Gasteiger partial charge is 0.481 e. The maximum atomic E-state index is 12.2. The number of aromatic nitrogens is 1. The van der Waals surface area contributed by atoms with Crippen LogP contribution in [0.4, 0.5) is 5.69 Å². The number of carbonyl (C=O) groups excluding carboxylic acids is 1. The SMILES string of the molecule is CC(=O)O.O=C1NC(=Nc2cc[c-]cc2)S/C1=C/c1cccc(-n2cccc2)c1.[Na+]. The summed E-state index contributed by atoms with van der Waals surface area (Å²) in [4.78, 5) is 26.3. The predicted octanol–water partition coefficient (Wildman–Crippen LogP) is 1.26. The zero-order chi connectivity index (χ0) is 20.6. The Morgan fingerprint density at radius 1 is 1.17 bits per heavy atom. The van der Waals surface area contributed by atoms with Crippen molar-refractivity contribution in [2.45, 2.75) is 6.92 Å². The van der Waals surface area contributed by atoms with Crippen LogP contribution in [0.25, 0.3) is 11.8 Å². The normalized spacial score (nSPS) is 15.2. The first-order valence-corrected chi connectivity index (χ1v) is 9.51. The second kappa shape index (κ2) is 11.6. The number of nitrogens with zero attached hydrogens (tertiary/aromatic N) is 2. The number of thioether (sulfide) groups is 1. The van der Waals surface area contributed by atoms with Crippen molar-refractivity contribution in [3.63, 3.8) is 0 Å². The van der Waals surface area contributed by atoms with Crippen molar-refractivity contribution in [3.05, 3.63) is 89.6 Å². The number of nitrogens with one attached hydrogen (secondary N) is 1. The quantitative estimate of drug-likeness (QED) is 0.375. The molecular weight excluding hydrogens is 409 g/mol. The molecule has 1 aromatic heterocycles. The van der Waals surface area contributed by atoms with E-state index in [4.69, 9.17) is 9.90 Å². The minimum atomic E-state index is -0.833. The van der Waals surface area contributed by atoms with E-state index in [9.17, 15) is 4.79 Å². The molecule has 2 aromatic carbocycles. The van der Waals surface area contributed by atoms with Crippen LogP contribution in [-0.4, -0.2) is 26.7 Å². The Morgan fingerprint density at radius 2 is 1.83 bits per heavy atom. The van der Waals surface area contributed by atoms with Gasteiger partial charge in [-0.25, -0.2) is 0 Å². The Kier molecular flexibility index (Phi) is 9.14. The van der Waals surface area contributed by atoms with Crippen molar-refractivity contribution < 1.29 is 44.3 Å². The Morgan fingerprint density at radius 3 is 2.50 bits per heavy atom. The third kappa shape index (κ3) is 7.03. The number of amides is 1. The fourth-order valence-electron chi connectivity index (χ4n) is 2.48. The van der Waals surface area contributed by atoms with E-state index in [2.05, 4.69) is 16.4 Å². The monoisotopic (exact) mass is 427 g/mol. The van der Waals surface area contributed by atoms with Gasteiger partial charge in [0.25, 0.3) is 11.9 Å². The van der Waals surface area contributed by atoms with Crippen molar-refractivity contribution >= 4 is 40.6 Å². The average molecular weight is 427 g/mol. The molecule has 2 N–H and O–H groups in total. The molecule has 0 bridgehead atoms. The first kappa shape index (κ1) is 23.7. The van der Waals surface area contributed by atoms with Crippen molar-refractivity contribution in [1.29, 1.82) is 0 Å². The zero-order valence-electron chi connectivity index (χ0n) is 16.6. The van der Waals surface area contributed by atoms with Crippen LogP contribution in [0.3, 0.4) is 0 Å². The van der Waals surface area contributed by atoms with Crippen LogP contribution in [0.2, 0.25) is 0 Å². The van der Waals surface area contributed by atoms with Gasteiger partial charge in [0.1, 0.15) is 0 Å². The van der Waals surface area contributed by atoms with Gasteiger partial charge >= 0.3 is 29.6 Å². The molecule has 1 aliphatic rings. The van der Waals surface area contributed by atoms with Gasteiger partial charge in [-0.05, 0) is 53.4 Å². The summed E-state index contributed by atoms with van der Waals surface area (Å²) < 4.78 is 2.03. The fraction of sp³-hybridized carbons (Fsp3) is 0.0455. The van der Waals surface area contributed by atoms with Gasteiger partial charge in [-0.2, -0.15) is 18.2 Å². The predicted molar refractivity (Wildman–Crippen MR) is 115 cm³/mol. The molecular formula is C22H18N3NaO3S. The number of rotatable bonds is 3. The third-order valence-electron chi connectivity index (χ3n) is 3.65. The molecule has 0 spiro atoms. The van der Waals surface area contributed by atoms with E-state index in [1.165, 1.54) is 11.8 Å². The maximum Gasteiger partial charge on any atom is 1.00 e. The number of benzene rings is 2. The number of aliphatic imine (C=N–C) groups is 1. The van der Waals surface area contributed by atoms with Crippen LogP contribution in [0, 0.1) is 6.07 Å². The molecule has 30 heavy (non-hydrogen) atoms. The van der Waals surface area contributed by atoms with E-state index in [1.807, 2.05) is 71.6 Å². The largest absolute Gasteiger partial charge is 1.00 e. The van der Waals surface area contributed by atoms with Crippen molar-refractivity contribution in [1.82, 2.24) is 9.88 Å². The number of amidine groups is 1. The molecule has 2 heterocycles. The van der Waals surface area contributed by atoms with E-state index < -0.39 is 5.97 Å². The van der Waals surface area contributed by atoms with Crippen molar-refractivity contribution in [2.24, 2.45) is 4.99 Å². The Labute approximate surface area is 201 Å². The summed E-state index contributed by atoms with van der Waals surface area (Å²) in [6.07, 6.45) is 5.87. The summed E-state index contributed by atoms with van der Waals surface area (Å²) in [5.41, 5.74) is 2.81. The van der Waals surface area contributed by atoms with E-state index in [-0.39, 0.29) is 35.5 Å². The van der Waals surface area contributed by atoms with Gasteiger partial charge in [0, 0.05) is 25.0 Å². The minimum absolute atomic E-state index is 0. The van der Waals surface area contributed by atoms with Crippen LogP contribution >= 0.6 is 11.8 Å². The number of carboxylic acids is 1. The molecule has 0 unspecified atom stereocenters. The second-order valence-electron chi connectivity index (χ2n) is 5.94. The Bertz CT molecular complexity index is 1060. The molecule has 1 amide bonds. The molecule has 1 fully saturated rings. The van der Waals surface area contributed by atoms with Crippen LogP contribution < -0.4 is 34.9 Å². The second-order valence-corrected chi connectivity index (χ2v) is 6.97. The summed E-state index contributed by atoms with van der Waals surface area (Å²) in [6, 6.07) is 22.2. The number of carboxylic acid groups (broad SMARTS) is 1. The van der Waals surface area contributed by atoms with Crippen LogP contribution in [0.5, 0.6) is 0 Å². The summed E-state index contributed by atoms with van der Waals surface area (Å²) in [6.45, 7) is 1.08. The van der Waals surface area contributed by atoms with Gasteiger partial charge in [0.15, 0.2) is 5.17 Å². The number of hydrogen-bond donors (Lipinski definition) is 2. The Balaban J connectivity index is 0.000000591. The maximum absolute atomic E-state index is 12.2. The third-order valence-corrected chi connectivity index (χ3v) is 4.56. The fourth-order valence-corrected chi connectivity index (χ4v) is 3.33. The van der Waals surface area contributed by atoms with E-state index in [0.29, 0.717) is 10.1 Å². The van der Waals surface area contributed by atoms with Gasteiger partial charge in [0.2, 0.25) is 0 Å². The van der Waals surface area contributed by atoms with Gasteiger partial charge in [-0.3, -0.25) is 14.6 Å². The molecule has 4 rings (SSSR count). The van der Waals surface area contributed by atoms with Gasteiger partial charge in [0.05, 0.1) is 4.91 Å². The molecule has 3 aromatic rings. The topological polar surface area (TPSA) is 83.7 Å². The van der Waals surface area contributed by atoms with E-state index in [0.717, 1.165) is 23.9 Å². The summed E-state index contributed by atoms with van der Waals surface area (Å²) in [5.74, 6) is -0.961. The number of aliphatic carboxylic acids is 1. The standard InChI is InChI=1S/C20H14N3OS.C2H4O2.Na/c24-19-18(25-20(22-19)21-16-8-2-1-3-9-16)14-15-7-6-10-17(13-15)23-11-4-5-12-23;1-2(3)4;/h2-14H,(H,21,22,24);1H3,(H,3,4);/q-1;;+1/b18-14+;;. The molecule has 0 saturated carbocycles. The molecule has 0 aliphatic carbocycles. The van der Waals surface area contributed by atoms with Gasteiger partial charge in [-0.1, -0.05) is 12.1 Å². The van der Waals surface area contributed by atoms with Crippen LogP contribution in [0.1, 0.15) is 12.5 Å². The zero-order valence-corrected chi connectivity index (χ0v) is 19.4. The summed E-state index contributed by atoms with van der Waals surface area (Å²) >= 11 is 1.35. The van der Waals surface area contributed by atoms with Gasteiger partial charge in [-0.15, -0.1) is 12.1 Å². The van der Waals surface area contributed by atoms with Crippen LogP contribution in [-0.2, 0) is 9.59 Å².